The van der Waals surface area contributed by atoms with E-state index in [-0.39, 0.29) is 18.4 Å². The molecule has 0 unspecified atom stereocenters. The summed E-state index contributed by atoms with van der Waals surface area (Å²) in [6.45, 7) is 4.02. The van der Waals surface area contributed by atoms with Crippen LogP contribution < -0.4 is 19.7 Å². The van der Waals surface area contributed by atoms with Gasteiger partial charge in [0, 0.05) is 17.6 Å². The van der Waals surface area contributed by atoms with Crippen LogP contribution in [0.15, 0.2) is 48.5 Å². The number of hydrogen-bond acceptors (Lipinski definition) is 5. The van der Waals surface area contributed by atoms with E-state index in [1.165, 1.54) is 12.0 Å². The lowest BCUT2D eigenvalue weighted by atomic mass is 9.93. The summed E-state index contributed by atoms with van der Waals surface area (Å²) < 4.78 is 12.4. The molecule has 2 heterocycles. The molecule has 0 radical (unpaired) electrons. The predicted octanol–water partition coefficient (Wildman–Crippen LogP) is 3.60. The molecule has 2 aromatic carbocycles. The van der Waals surface area contributed by atoms with Crippen molar-refractivity contribution in [3.8, 4) is 11.5 Å². The average Bonchev–Trinajstić information content (AvgIpc) is 3.18. The summed E-state index contributed by atoms with van der Waals surface area (Å²) in [4.78, 5) is 28.7. The zero-order chi connectivity index (χ0) is 23.8. The largest absolute Gasteiger partial charge is 0.497 e. The molecule has 8 nitrogen and oxygen atoms in total. The second-order valence-corrected chi connectivity index (χ2v) is 8.53. The van der Waals surface area contributed by atoms with Crippen LogP contribution >= 0.6 is 11.6 Å². The molecule has 3 aromatic rings. The van der Waals surface area contributed by atoms with E-state index in [4.69, 9.17) is 21.1 Å². The second kappa shape index (κ2) is 8.78. The number of aromatic nitrogens is 2. The van der Waals surface area contributed by atoms with Gasteiger partial charge in [-0.3, -0.25) is 19.2 Å². The second-order valence-electron chi connectivity index (χ2n) is 8.09. The Balaban J connectivity index is 1.75. The number of halogens is 1. The summed E-state index contributed by atoms with van der Waals surface area (Å²) in [5.41, 5.74) is 1.20. The number of rotatable bonds is 6. The van der Waals surface area contributed by atoms with Gasteiger partial charge in [-0.25, -0.2) is 0 Å². The highest BCUT2D eigenvalue weighted by atomic mass is 35.5. The highest BCUT2D eigenvalue weighted by Gasteiger charge is 2.49. The first kappa shape index (κ1) is 22.7. The molecule has 33 heavy (non-hydrogen) atoms. The number of amides is 2. The van der Waals surface area contributed by atoms with Crippen LogP contribution in [0, 0.1) is 6.92 Å². The van der Waals surface area contributed by atoms with Gasteiger partial charge in [0.05, 0.1) is 32.1 Å². The Morgan fingerprint density at radius 2 is 1.88 bits per heavy atom. The van der Waals surface area contributed by atoms with Gasteiger partial charge in [0.15, 0.2) is 0 Å². The average molecular weight is 469 g/mol. The monoisotopic (exact) mass is 468 g/mol. The number of carbonyl (C=O) groups is 2. The van der Waals surface area contributed by atoms with Crippen molar-refractivity contribution in [2.75, 3.05) is 19.1 Å². The van der Waals surface area contributed by atoms with Crippen molar-refractivity contribution < 1.29 is 19.1 Å². The SMILES string of the molecule is COc1ccc(N2C(=O)c3cc(C)nn3C[C@@]2(C)C(=O)NCc2ccc(Cl)cc2)c(OC)c1. The normalized spacial score (nSPS) is 17.5. The van der Waals surface area contributed by atoms with E-state index >= 15 is 0 Å². The summed E-state index contributed by atoms with van der Waals surface area (Å²) in [7, 11) is 3.06. The van der Waals surface area contributed by atoms with Crippen LogP contribution in [0.2, 0.25) is 5.02 Å². The molecule has 2 amide bonds. The van der Waals surface area contributed by atoms with Gasteiger partial charge in [-0.2, -0.15) is 5.10 Å². The summed E-state index contributed by atoms with van der Waals surface area (Å²) in [5.74, 6) is 0.343. The van der Waals surface area contributed by atoms with Crippen LogP contribution in [0.5, 0.6) is 11.5 Å². The Hall–Kier alpha value is -3.52. The van der Waals surface area contributed by atoms with Gasteiger partial charge < -0.3 is 14.8 Å². The minimum Gasteiger partial charge on any atom is -0.497 e. The van der Waals surface area contributed by atoms with Crippen LogP contribution in [0.25, 0.3) is 0 Å². The smallest absolute Gasteiger partial charge is 0.277 e. The van der Waals surface area contributed by atoms with Crippen molar-refractivity contribution in [1.82, 2.24) is 15.1 Å². The Morgan fingerprint density at radius 3 is 2.55 bits per heavy atom. The fourth-order valence-corrected chi connectivity index (χ4v) is 4.16. The number of carbonyl (C=O) groups excluding carboxylic acids is 2. The third-order valence-electron chi connectivity index (χ3n) is 5.76. The van der Waals surface area contributed by atoms with Crippen LogP contribution in [-0.2, 0) is 17.9 Å². The van der Waals surface area contributed by atoms with Crippen LogP contribution in [0.3, 0.4) is 0 Å². The van der Waals surface area contributed by atoms with Crippen LogP contribution in [0.1, 0.15) is 28.7 Å². The van der Waals surface area contributed by atoms with Crippen molar-refractivity contribution >= 4 is 29.1 Å². The molecule has 1 N–H and O–H groups in total. The molecule has 1 aromatic heterocycles. The highest BCUT2D eigenvalue weighted by Crippen LogP contribution is 2.39. The first-order chi connectivity index (χ1) is 15.8. The molecule has 1 aliphatic heterocycles. The fourth-order valence-electron chi connectivity index (χ4n) is 4.03. The molecule has 0 saturated heterocycles. The van der Waals surface area contributed by atoms with Gasteiger partial charge in [0.1, 0.15) is 22.7 Å². The fraction of sp³-hybridized carbons (Fsp3) is 0.292. The standard InChI is InChI=1S/C24H25ClN4O4/c1-15-11-20-22(30)29(19-10-9-18(32-3)12-21(19)33-4)24(2,14-28(20)27-15)23(31)26-13-16-5-7-17(25)8-6-16/h5-12H,13-14H2,1-4H3,(H,26,31)/t24-/m0/s1. The zero-order valence-corrected chi connectivity index (χ0v) is 19.6. The number of nitrogens with one attached hydrogen (secondary N) is 1. The molecule has 4 rings (SSSR count). The van der Waals surface area contributed by atoms with E-state index in [2.05, 4.69) is 10.4 Å². The summed E-state index contributed by atoms with van der Waals surface area (Å²) >= 11 is 5.96. The third-order valence-corrected chi connectivity index (χ3v) is 6.01. The number of aryl methyl sites for hydroxylation is 1. The molecule has 0 spiro atoms. The van der Waals surface area contributed by atoms with Gasteiger partial charge >= 0.3 is 0 Å². The highest BCUT2D eigenvalue weighted by molar-refractivity contribution is 6.30. The van der Waals surface area contributed by atoms with Gasteiger partial charge in [-0.15, -0.1) is 0 Å². The lowest BCUT2D eigenvalue weighted by Crippen LogP contribution is -2.64. The molecule has 9 heteroatoms. The van der Waals surface area contributed by atoms with Gasteiger partial charge in [0.2, 0.25) is 5.91 Å². The molecule has 0 aliphatic carbocycles. The number of hydrogen-bond donors (Lipinski definition) is 1. The van der Waals surface area contributed by atoms with E-state index in [0.717, 1.165) is 5.56 Å². The van der Waals surface area contributed by atoms with Gasteiger partial charge in [-0.05, 0) is 49.7 Å². The van der Waals surface area contributed by atoms with Gasteiger partial charge in [-0.1, -0.05) is 23.7 Å². The maximum absolute atomic E-state index is 13.7. The maximum atomic E-state index is 13.7. The number of fused-ring (bicyclic) bond motifs is 1. The minimum absolute atomic E-state index is 0.184. The van der Waals surface area contributed by atoms with Crippen molar-refractivity contribution in [2.45, 2.75) is 32.5 Å². The quantitative estimate of drug-likeness (QED) is 0.597. The van der Waals surface area contributed by atoms with E-state index in [1.807, 2.05) is 19.1 Å². The predicted molar refractivity (Wildman–Crippen MR) is 125 cm³/mol. The summed E-state index contributed by atoms with van der Waals surface area (Å²) in [6, 6.07) is 14.1. The molecule has 0 fully saturated rings. The molecular weight excluding hydrogens is 444 g/mol. The van der Waals surface area contributed by atoms with E-state index in [0.29, 0.717) is 40.1 Å². The first-order valence-corrected chi connectivity index (χ1v) is 10.8. The van der Waals surface area contributed by atoms with Gasteiger partial charge in [0.25, 0.3) is 5.91 Å². The number of benzene rings is 2. The molecular formula is C24H25ClN4O4. The number of nitrogens with zero attached hydrogens (tertiary/aromatic N) is 3. The lowest BCUT2D eigenvalue weighted by Gasteiger charge is -2.43. The number of methoxy groups -OCH3 is 2. The Morgan fingerprint density at radius 1 is 1.15 bits per heavy atom. The first-order valence-electron chi connectivity index (χ1n) is 10.4. The lowest BCUT2D eigenvalue weighted by molar-refractivity contribution is -0.126. The van der Waals surface area contributed by atoms with E-state index < -0.39 is 5.54 Å². The molecule has 1 aliphatic rings. The number of anilines is 1. The van der Waals surface area contributed by atoms with Crippen LogP contribution in [0.4, 0.5) is 5.69 Å². The topological polar surface area (TPSA) is 85.7 Å². The third kappa shape index (κ3) is 4.14. The van der Waals surface area contributed by atoms with Crippen LogP contribution in [-0.4, -0.2) is 41.4 Å². The minimum atomic E-state index is -1.27. The Kier molecular flexibility index (Phi) is 6.03. The summed E-state index contributed by atoms with van der Waals surface area (Å²) in [5, 5.41) is 8.01. The van der Waals surface area contributed by atoms with Crippen molar-refractivity contribution in [2.24, 2.45) is 0 Å². The van der Waals surface area contributed by atoms with E-state index in [1.54, 1.807) is 55.1 Å². The Bertz CT molecular complexity index is 1210. The summed E-state index contributed by atoms with van der Waals surface area (Å²) in [6.07, 6.45) is 0. The van der Waals surface area contributed by atoms with Crippen molar-refractivity contribution in [3.63, 3.8) is 0 Å². The number of ether oxygens (including phenoxy) is 2. The van der Waals surface area contributed by atoms with Crippen molar-refractivity contribution in [1.29, 1.82) is 0 Å². The maximum Gasteiger partial charge on any atom is 0.277 e. The Labute approximate surface area is 197 Å². The molecule has 0 bridgehead atoms. The van der Waals surface area contributed by atoms with E-state index in [9.17, 15) is 9.59 Å². The molecule has 0 saturated carbocycles. The molecule has 172 valence electrons. The zero-order valence-electron chi connectivity index (χ0n) is 18.9. The van der Waals surface area contributed by atoms with Crippen molar-refractivity contribution in [3.05, 3.63) is 70.5 Å². The molecule has 1 atom stereocenters.